The van der Waals surface area contributed by atoms with E-state index in [9.17, 15) is 10.1 Å². The lowest BCUT2D eigenvalue weighted by Crippen LogP contribution is -2.19. The van der Waals surface area contributed by atoms with Crippen LogP contribution in [0.1, 0.15) is 33.6 Å². The Morgan fingerprint density at radius 3 is 2.82 bits per heavy atom. The number of nitrogens with zero attached hydrogens (tertiary/aromatic N) is 5. The van der Waals surface area contributed by atoms with Crippen molar-refractivity contribution in [1.82, 2.24) is 19.7 Å². The minimum absolute atomic E-state index is 0.247. The summed E-state index contributed by atoms with van der Waals surface area (Å²) in [6.07, 6.45) is 3.97. The van der Waals surface area contributed by atoms with Crippen LogP contribution in [0.15, 0.2) is 60.8 Å². The van der Waals surface area contributed by atoms with Crippen molar-refractivity contribution in [2.24, 2.45) is 0 Å². The van der Waals surface area contributed by atoms with E-state index in [1.165, 1.54) is 10.9 Å². The lowest BCUT2D eigenvalue weighted by Gasteiger charge is -2.14. The van der Waals surface area contributed by atoms with E-state index in [1.54, 1.807) is 12.1 Å². The van der Waals surface area contributed by atoms with Crippen molar-refractivity contribution in [3.05, 3.63) is 88.2 Å². The van der Waals surface area contributed by atoms with Crippen molar-refractivity contribution >= 4 is 45.1 Å². The van der Waals surface area contributed by atoms with Gasteiger partial charge in [0.2, 0.25) is 0 Å². The first-order valence-corrected chi connectivity index (χ1v) is 11.3. The maximum absolute atomic E-state index is 13.7. The standard InChI is InChI=1S/C26H17ClN6O/c27-17-9-10-22-19(12-17)24(18-5-3-7-21(18)30-22)26(34)32-25-16(13-28)14-29-33(25)23-11-8-15-4-1-2-6-20(15)31-23/h1-2,4,6,8-12,14H,3,5,7H2,(H,32,34). The Kier molecular flexibility index (Phi) is 4.75. The van der Waals surface area contributed by atoms with Gasteiger partial charge in [-0.05, 0) is 61.2 Å². The Bertz CT molecular complexity index is 1670. The molecule has 1 aliphatic carbocycles. The Balaban J connectivity index is 1.48. The minimum atomic E-state index is -0.327. The summed E-state index contributed by atoms with van der Waals surface area (Å²) in [6.45, 7) is 0. The van der Waals surface area contributed by atoms with Gasteiger partial charge in [0.25, 0.3) is 5.91 Å². The van der Waals surface area contributed by atoms with E-state index in [2.05, 4.69) is 21.5 Å². The number of nitrogens with one attached hydrogen (secondary N) is 1. The number of carbonyl (C=O) groups is 1. The lowest BCUT2D eigenvalue weighted by molar-refractivity contribution is 0.102. The Morgan fingerprint density at radius 1 is 1.06 bits per heavy atom. The number of aryl methyl sites for hydroxylation is 1. The molecule has 3 aromatic heterocycles. The highest BCUT2D eigenvalue weighted by Gasteiger charge is 2.26. The Hall–Kier alpha value is -4.28. The molecule has 164 valence electrons. The van der Waals surface area contributed by atoms with Crippen molar-refractivity contribution < 1.29 is 4.79 Å². The van der Waals surface area contributed by atoms with Gasteiger partial charge in [-0.1, -0.05) is 29.8 Å². The fourth-order valence-electron chi connectivity index (χ4n) is 4.56. The smallest absolute Gasteiger partial charge is 0.257 e. The van der Waals surface area contributed by atoms with Gasteiger partial charge in [0.1, 0.15) is 11.6 Å². The molecule has 5 aromatic rings. The second-order valence-electron chi connectivity index (χ2n) is 8.17. The third-order valence-electron chi connectivity index (χ3n) is 6.12. The largest absolute Gasteiger partial charge is 0.305 e. The molecule has 34 heavy (non-hydrogen) atoms. The topological polar surface area (TPSA) is 96.5 Å². The maximum Gasteiger partial charge on any atom is 0.257 e. The third kappa shape index (κ3) is 3.28. The molecule has 0 saturated heterocycles. The molecule has 0 radical (unpaired) electrons. The molecule has 0 spiro atoms. The van der Waals surface area contributed by atoms with E-state index in [4.69, 9.17) is 16.6 Å². The number of amides is 1. The Morgan fingerprint density at radius 2 is 1.94 bits per heavy atom. The molecule has 3 heterocycles. The van der Waals surface area contributed by atoms with Gasteiger partial charge < -0.3 is 5.32 Å². The molecule has 2 aromatic carbocycles. The van der Waals surface area contributed by atoms with Crippen molar-refractivity contribution in [3.63, 3.8) is 0 Å². The molecule has 7 nitrogen and oxygen atoms in total. The summed E-state index contributed by atoms with van der Waals surface area (Å²) in [4.78, 5) is 23.1. The maximum atomic E-state index is 13.7. The first-order chi connectivity index (χ1) is 16.6. The van der Waals surface area contributed by atoms with Crippen LogP contribution < -0.4 is 5.32 Å². The highest BCUT2D eigenvalue weighted by atomic mass is 35.5. The molecule has 8 heteroatoms. The summed E-state index contributed by atoms with van der Waals surface area (Å²) in [5.74, 6) is 0.448. The van der Waals surface area contributed by atoms with E-state index in [0.717, 1.165) is 46.9 Å². The molecular weight excluding hydrogens is 448 g/mol. The van der Waals surface area contributed by atoms with Crippen LogP contribution in [-0.4, -0.2) is 25.7 Å². The minimum Gasteiger partial charge on any atom is -0.305 e. The summed E-state index contributed by atoms with van der Waals surface area (Å²) in [6, 6.07) is 19.0. The molecule has 6 rings (SSSR count). The lowest BCUT2D eigenvalue weighted by atomic mass is 10.0. The number of hydrogen-bond acceptors (Lipinski definition) is 5. The SMILES string of the molecule is N#Cc1cnn(-c2ccc3ccccc3n2)c1NC(=O)c1c2c(nc3ccc(Cl)cc13)CCC2. The number of para-hydroxylation sites is 1. The number of anilines is 1. The number of rotatable bonds is 3. The van der Waals surface area contributed by atoms with Gasteiger partial charge in [0.15, 0.2) is 11.6 Å². The van der Waals surface area contributed by atoms with Gasteiger partial charge in [0.05, 0.1) is 22.8 Å². The van der Waals surface area contributed by atoms with Crippen LogP contribution in [-0.2, 0) is 12.8 Å². The van der Waals surface area contributed by atoms with Gasteiger partial charge in [-0.15, -0.1) is 0 Å². The highest BCUT2D eigenvalue weighted by molar-refractivity contribution is 6.31. The van der Waals surface area contributed by atoms with Crippen LogP contribution in [0.3, 0.4) is 0 Å². The number of carbonyl (C=O) groups excluding carboxylic acids is 1. The fraction of sp³-hybridized carbons (Fsp3) is 0.115. The number of halogens is 1. The predicted octanol–water partition coefficient (Wildman–Crippen LogP) is 5.23. The van der Waals surface area contributed by atoms with Gasteiger partial charge in [0, 0.05) is 21.5 Å². The van der Waals surface area contributed by atoms with E-state index >= 15 is 0 Å². The molecule has 0 bridgehead atoms. The molecule has 1 N–H and O–H groups in total. The summed E-state index contributed by atoms with van der Waals surface area (Å²) in [7, 11) is 0. The summed E-state index contributed by atoms with van der Waals surface area (Å²) < 4.78 is 1.49. The quantitative estimate of drug-likeness (QED) is 0.394. The van der Waals surface area contributed by atoms with Crippen molar-refractivity contribution in [2.75, 3.05) is 5.32 Å². The average Bonchev–Trinajstić information content (AvgIpc) is 3.48. The van der Waals surface area contributed by atoms with Crippen LogP contribution in [0.4, 0.5) is 5.82 Å². The summed E-state index contributed by atoms with van der Waals surface area (Å²) in [5, 5.41) is 19.2. The second kappa shape index (κ2) is 7.94. The molecule has 1 aliphatic rings. The zero-order valence-electron chi connectivity index (χ0n) is 17.9. The van der Waals surface area contributed by atoms with Crippen LogP contribution in [0.5, 0.6) is 0 Å². The molecule has 0 aliphatic heterocycles. The zero-order valence-corrected chi connectivity index (χ0v) is 18.7. The predicted molar refractivity (Wildman–Crippen MR) is 130 cm³/mol. The molecule has 0 saturated carbocycles. The van der Waals surface area contributed by atoms with Gasteiger partial charge in [-0.3, -0.25) is 9.78 Å². The monoisotopic (exact) mass is 464 g/mol. The molecular formula is C26H17ClN6O. The third-order valence-corrected chi connectivity index (χ3v) is 6.36. The molecule has 0 unspecified atom stereocenters. The van der Waals surface area contributed by atoms with Crippen LogP contribution >= 0.6 is 11.6 Å². The zero-order chi connectivity index (χ0) is 23.2. The fourth-order valence-corrected chi connectivity index (χ4v) is 4.73. The van der Waals surface area contributed by atoms with Gasteiger partial charge >= 0.3 is 0 Å². The second-order valence-corrected chi connectivity index (χ2v) is 8.61. The van der Waals surface area contributed by atoms with E-state index in [1.807, 2.05) is 42.5 Å². The van der Waals surface area contributed by atoms with Crippen molar-refractivity contribution in [2.45, 2.75) is 19.3 Å². The highest BCUT2D eigenvalue weighted by Crippen LogP contribution is 2.32. The van der Waals surface area contributed by atoms with Gasteiger partial charge in [-0.25, -0.2) is 4.98 Å². The summed E-state index contributed by atoms with van der Waals surface area (Å²) >= 11 is 6.26. The number of nitriles is 1. The average molecular weight is 465 g/mol. The first-order valence-electron chi connectivity index (χ1n) is 10.9. The number of pyridine rings is 2. The van der Waals surface area contributed by atoms with Crippen LogP contribution in [0, 0.1) is 11.3 Å². The molecule has 0 fully saturated rings. The normalized spacial score (nSPS) is 12.6. The van der Waals surface area contributed by atoms with E-state index < -0.39 is 0 Å². The van der Waals surface area contributed by atoms with E-state index in [-0.39, 0.29) is 17.3 Å². The van der Waals surface area contributed by atoms with Crippen LogP contribution in [0.2, 0.25) is 5.02 Å². The molecule has 0 atom stereocenters. The van der Waals surface area contributed by atoms with Gasteiger partial charge in [-0.2, -0.15) is 15.0 Å². The number of hydrogen-bond donors (Lipinski definition) is 1. The number of benzene rings is 2. The molecule has 1 amide bonds. The first kappa shape index (κ1) is 20.3. The van der Waals surface area contributed by atoms with Crippen LogP contribution in [0.25, 0.3) is 27.6 Å². The van der Waals surface area contributed by atoms with Crippen molar-refractivity contribution in [3.8, 4) is 11.9 Å². The summed E-state index contributed by atoms with van der Waals surface area (Å²) in [5.41, 5.74) is 4.17. The Labute approximate surface area is 199 Å². The number of fused-ring (bicyclic) bond motifs is 3. The van der Waals surface area contributed by atoms with Crippen molar-refractivity contribution in [1.29, 1.82) is 5.26 Å². The van der Waals surface area contributed by atoms with E-state index in [0.29, 0.717) is 21.8 Å². The number of aromatic nitrogens is 4.